The third-order valence-corrected chi connectivity index (χ3v) is 4.89. The highest BCUT2D eigenvalue weighted by Crippen LogP contribution is 2.27. The summed E-state index contributed by atoms with van der Waals surface area (Å²) < 4.78 is 0. The smallest absolute Gasteiger partial charge is 0.241 e. The fraction of sp³-hybridized carbons (Fsp3) is 0.429. The maximum atomic E-state index is 11.8. The van der Waals surface area contributed by atoms with Crippen LogP contribution in [-0.2, 0) is 9.59 Å². The first kappa shape index (κ1) is 16.5. The van der Waals surface area contributed by atoms with E-state index in [-0.39, 0.29) is 24.1 Å². The topological polar surface area (TPSA) is 49.4 Å². The summed E-state index contributed by atoms with van der Waals surface area (Å²) in [6, 6.07) is 5.22. The molecule has 7 heteroatoms. The van der Waals surface area contributed by atoms with Crippen LogP contribution in [0, 0.1) is 0 Å². The van der Waals surface area contributed by atoms with Crippen molar-refractivity contribution in [2.75, 3.05) is 25.4 Å². The van der Waals surface area contributed by atoms with Gasteiger partial charge in [0.2, 0.25) is 11.8 Å². The number of nitrogens with zero attached hydrogens (tertiary/aromatic N) is 1. The van der Waals surface area contributed by atoms with E-state index in [1.807, 2.05) is 6.07 Å². The molecule has 4 nitrogen and oxygen atoms in total. The van der Waals surface area contributed by atoms with Crippen LogP contribution in [0.15, 0.2) is 23.1 Å². The predicted octanol–water partition coefficient (Wildman–Crippen LogP) is 2.82. The average Bonchev–Trinajstić information content (AvgIpc) is 3.00. The Labute approximate surface area is 138 Å². The lowest BCUT2D eigenvalue weighted by Crippen LogP contribution is -2.39. The molecule has 1 aromatic carbocycles. The van der Waals surface area contributed by atoms with Crippen molar-refractivity contribution < 1.29 is 9.59 Å². The Hall–Kier alpha value is -0.910. The molecule has 0 radical (unpaired) electrons. The van der Waals surface area contributed by atoms with E-state index in [9.17, 15) is 9.59 Å². The summed E-state index contributed by atoms with van der Waals surface area (Å²) in [5.74, 6) is 0.0598. The lowest BCUT2D eigenvalue weighted by molar-refractivity contribution is -0.131. The molecule has 2 rings (SSSR count). The van der Waals surface area contributed by atoms with Gasteiger partial charge in [0, 0.05) is 18.0 Å². The number of halogens is 2. The van der Waals surface area contributed by atoms with Gasteiger partial charge in [0.1, 0.15) is 0 Å². The van der Waals surface area contributed by atoms with Gasteiger partial charge in [-0.2, -0.15) is 0 Å². The molecule has 1 fully saturated rings. The van der Waals surface area contributed by atoms with Crippen LogP contribution in [0.25, 0.3) is 0 Å². The fourth-order valence-electron chi connectivity index (χ4n) is 2.02. The number of carbonyl (C=O) groups excluding carboxylic acids is 2. The second-order valence-electron chi connectivity index (χ2n) is 4.73. The van der Waals surface area contributed by atoms with E-state index < -0.39 is 0 Å². The molecule has 114 valence electrons. The standard InChI is InChI=1S/C14H16Cl2N2O2S/c15-11-4-3-10(7-12(11)16)21-9-13(19)17-8-14(20)18-5-1-2-6-18/h3-4,7H,1-2,5-6,8-9H2,(H,17,19). The normalized spacial score (nSPS) is 14.3. The van der Waals surface area contributed by atoms with Crippen molar-refractivity contribution in [2.45, 2.75) is 17.7 Å². The van der Waals surface area contributed by atoms with Gasteiger partial charge in [0.05, 0.1) is 22.3 Å². The van der Waals surface area contributed by atoms with E-state index in [1.165, 1.54) is 11.8 Å². The molecule has 2 amide bonds. The first-order valence-corrected chi connectivity index (χ1v) is 8.43. The summed E-state index contributed by atoms with van der Waals surface area (Å²) in [5, 5.41) is 3.60. The van der Waals surface area contributed by atoms with Gasteiger partial charge >= 0.3 is 0 Å². The quantitative estimate of drug-likeness (QED) is 0.834. The van der Waals surface area contributed by atoms with E-state index in [4.69, 9.17) is 23.2 Å². The number of nitrogens with one attached hydrogen (secondary N) is 1. The number of likely N-dealkylation sites (tertiary alicyclic amines) is 1. The summed E-state index contributed by atoms with van der Waals surface area (Å²) >= 11 is 13.1. The summed E-state index contributed by atoms with van der Waals surface area (Å²) in [4.78, 5) is 26.2. The zero-order valence-electron chi connectivity index (χ0n) is 11.4. The molecule has 1 aliphatic heterocycles. The number of benzene rings is 1. The number of hydrogen-bond acceptors (Lipinski definition) is 3. The summed E-state index contributed by atoms with van der Waals surface area (Å²) in [5.41, 5.74) is 0. The van der Waals surface area contributed by atoms with Crippen molar-refractivity contribution in [2.24, 2.45) is 0 Å². The first-order valence-electron chi connectivity index (χ1n) is 6.68. The first-order chi connectivity index (χ1) is 10.1. The third-order valence-electron chi connectivity index (χ3n) is 3.16. The highest BCUT2D eigenvalue weighted by atomic mass is 35.5. The number of rotatable bonds is 5. The minimum atomic E-state index is -0.168. The van der Waals surface area contributed by atoms with Crippen molar-refractivity contribution in [3.05, 3.63) is 28.2 Å². The summed E-state index contributed by atoms with van der Waals surface area (Å²) in [6.45, 7) is 1.67. The molecule has 0 saturated carbocycles. The molecule has 0 spiro atoms. The van der Waals surface area contributed by atoms with Gasteiger partial charge in [-0.1, -0.05) is 23.2 Å². The Kier molecular flexibility index (Phi) is 6.21. The zero-order valence-corrected chi connectivity index (χ0v) is 13.7. The molecule has 0 atom stereocenters. The molecular formula is C14H16Cl2N2O2S. The Balaban J connectivity index is 1.71. The number of hydrogen-bond donors (Lipinski definition) is 1. The molecule has 0 unspecified atom stereocenters. The van der Waals surface area contributed by atoms with Crippen molar-refractivity contribution in [1.29, 1.82) is 0 Å². The van der Waals surface area contributed by atoms with E-state index in [1.54, 1.807) is 17.0 Å². The van der Waals surface area contributed by atoms with Crippen LogP contribution in [0.2, 0.25) is 10.0 Å². The van der Waals surface area contributed by atoms with Gasteiger partial charge in [-0.15, -0.1) is 11.8 Å². The Bertz CT molecular complexity index is 534. The van der Waals surface area contributed by atoms with Crippen LogP contribution in [0.5, 0.6) is 0 Å². The molecule has 0 bridgehead atoms. The second-order valence-corrected chi connectivity index (χ2v) is 6.59. The minimum Gasteiger partial charge on any atom is -0.346 e. The Morgan fingerprint density at radius 1 is 1.19 bits per heavy atom. The molecule has 21 heavy (non-hydrogen) atoms. The molecule has 1 aliphatic rings. The molecule has 1 aromatic rings. The van der Waals surface area contributed by atoms with Gasteiger partial charge in [0.15, 0.2) is 0 Å². The molecule has 1 saturated heterocycles. The predicted molar refractivity (Wildman–Crippen MR) is 86.0 cm³/mol. The summed E-state index contributed by atoms with van der Waals surface area (Å²) in [7, 11) is 0. The van der Waals surface area contributed by atoms with Gasteiger partial charge < -0.3 is 10.2 Å². The SMILES string of the molecule is O=C(CSc1ccc(Cl)c(Cl)c1)NCC(=O)N1CCCC1. The zero-order chi connectivity index (χ0) is 15.2. The van der Waals surface area contributed by atoms with Gasteiger partial charge in [-0.05, 0) is 31.0 Å². The number of carbonyl (C=O) groups is 2. The fourth-order valence-corrected chi connectivity index (χ4v) is 3.15. The van der Waals surface area contributed by atoms with Crippen LogP contribution in [0.1, 0.15) is 12.8 Å². The van der Waals surface area contributed by atoms with Gasteiger partial charge in [-0.3, -0.25) is 9.59 Å². The van der Waals surface area contributed by atoms with Crippen molar-refractivity contribution in [3.63, 3.8) is 0 Å². The maximum Gasteiger partial charge on any atom is 0.241 e. The highest BCUT2D eigenvalue weighted by molar-refractivity contribution is 8.00. The highest BCUT2D eigenvalue weighted by Gasteiger charge is 2.18. The Morgan fingerprint density at radius 2 is 1.90 bits per heavy atom. The molecular weight excluding hydrogens is 331 g/mol. The largest absolute Gasteiger partial charge is 0.346 e. The van der Waals surface area contributed by atoms with E-state index in [0.29, 0.717) is 10.0 Å². The van der Waals surface area contributed by atoms with E-state index >= 15 is 0 Å². The summed E-state index contributed by atoms with van der Waals surface area (Å²) in [6.07, 6.45) is 2.10. The lowest BCUT2D eigenvalue weighted by Gasteiger charge is -2.15. The van der Waals surface area contributed by atoms with E-state index in [2.05, 4.69) is 5.32 Å². The van der Waals surface area contributed by atoms with Crippen LogP contribution < -0.4 is 5.32 Å². The molecule has 1 heterocycles. The van der Waals surface area contributed by atoms with Gasteiger partial charge in [0.25, 0.3) is 0 Å². The van der Waals surface area contributed by atoms with Crippen LogP contribution >= 0.6 is 35.0 Å². The maximum absolute atomic E-state index is 11.8. The monoisotopic (exact) mass is 346 g/mol. The van der Waals surface area contributed by atoms with Crippen LogP contribution in [0.3, 0.4) is 0 Å². The van der Waals surface area contributed by atoms with Crippen LogP contribution in [0.4, 0.5) is 0 Å². The van der Waals surface area contributed by atoms with Crippen molar-refractivity contribution in [1.82, 2.24) is 10.2 Å². The number of amides is 2. The van der Waals surface area contributed by atoms with Crippen molar-refractivity contribution >= 4 is 46.8 Å². The Morgan fingerprint density at radius 3 is 2.57 bits per heavy atom. The van der Waals surface area contributed by atoms with E-state index in [0.717, 1.165) is 30.8 Å². The second kappa shape index (κ2) is 7.92. The number of thioether (sulfide) groups is 1. The molecule has 0 aromatic heterocycles. The molecule has 1 N–H and O–H groups in total. The lowest BCUT2D eigenvalue weighted by atomic mass is 10.4. The van der Waals surface area contributed by atoms with Crippen molar-refractivity contribution in [3.8, 4) is 0 Å². The van der Waals surface area contributed by atoms with Gasteiger partial charge in [-0.25, -0.2) is 0 Å². The third kappa shape index (κ3) is 5.09. The van der Waals surface area contributed by atoms with Crippen LogP contribution in [-0.4, -0.2) is 42.1 Å². The molecule has 0 aliphatic carbocycles. The average molecular weight is 347 g/mol. The minimum absolute atomic E-state index is 0.0135.